The fourth-order valence-corrected chi connectivity index (χ4v) is 2.42. The molecular weight excluding hydrogens is 256 g/mol. The first-order chi connectivity index (χ1) is 9.33. The molecule has 2 aliphatic rings. The van der Waals surface area contributed by atoms with E-state index in [1.165, 1.54) is 11.8 Å². The molecule has 0 spiro atoms. The van der Waals surface area contributed by atoms with Crippen LogP contribution in [-0.2, 0) is 0 Å². The number of nitrogens with zero attached hydrogens (tertiary/aromatic N) is 4. The lowest BCUT2D eigenvalue weighted by molar-refractivity contribution is 1.05. The summed E-state index contributed by atoms with van der Waals surface area (Å²) in [4.78, 5) is 17.4. The topological polar surface area (TPSA) is 50.0 Å². The largest absolute Gasteiger partial charge is 0.278 e. The van der Waals surface area contributed by atoms with Gasteiger partial charge in [-0.15, -0.1) is 0 Å². The molecule has 1 aromatic heterocycles. The number of pyridine rings is 1. The van der Waals surface area contributed by atoms with Gasteiger partial charge in [0.15, 0.2) is 0 Å². The highest BCUT2D eigenvalue weighted by atomic mass is 32.2. The van der Waals surface area contributed by atoms with Crippen LogP contribution in [0.5, 0.6) is 0 Å². The van der Waals surface area contributed by atoms with Gasteiger partial charge in [0, 0.05) is 11.8 Å². The Balaban J connectivity index is 2.18. The van der Waals surface area contributed by atoms with Gasteiger partial charge in [0.25, 0.3) is 0 Å². The number of hydrogen-bond donors (Lipinski definition) is 0. The highest BCUT2D eigenvalue weighted by Gasteiger charge is 2.09. The van der Waals surface area contributed by atoms with Gasteiger partial charge >= 0.3 is 0 Å². The van der Waals surface area contributed by atoms with Gasteiger partial charge < -0.3 is 0 Å². The molecule has 3 rings (SSSR count). The number of fused-ring (bicyclic) bond motifs is 1. The first kappa shape index (κ1) is 11.8. The Kier molecular flexibility index (Phi) is 3.23. The molecule has 0 fully saturated rings. The molecule has 0 N–H and O–H groups in total. The van der Waals surface area contributed by atoms with Crippen molar-refractivity contribution >= 4 is 17.6 Å². The van der Waals surface area contributed by atoms with E-state index in [2.05, 4.69) is 32.4 Å². The van der Waals surface area contributed by atoms with Crippen molar-refractivity contribution in [3.05, 3.63) is 69.6 Å². The quantitative estimate of drug-likeness (QED) is 0.715. The Morgan fingerprint density at radius 1 is 1.32 bits per heavy atom. The number of aromatic nitrogens is 1. The minimum absolute atomic E-state index is 0.553. The molecule has 0 aromatic carbocycles. The second kappa shape index (κ2) is 5.18. The lowest BCUT2D eigenvalue weighted by atomic mass is 10.2. The van der Waals surface area contributed by atoms with Crippen molar-refractivity contribution in [3.63, 3.8) is 0 Å². The molecule has 5 heteroatoms. The van der Waals surface area contributed by atoms with E-state index in [0.29, 0.717) is 11.6 Å². The second-order valence-corrected chi connectivity index (χ2v) is 4.95. The molecule has 92 valence electrons. The summed E-state index contributed by atoms with van der Waals surface area (Å²) in [5.41, 5.74) is 1.03. The van der Waals surface area contributed by atoms with Crippen LogP contribution in [0.2, 0.25) is 0 Å². The summed E-state index contributed by atoms with van der Waals surface area (Å²) < 4.78 is 0. The third-order valence-corrected chi connectivity index (χ3v) is 3.44. The van der Waals surface area contributed by atoms with Crippen LogP contribution in [0.15, 0.2) is 73.9 Å². The fraction of sp³-hybridized carbons (Fsp3) is 0.0714. The maximum atomic E-state index is 4.57. The van der Waals surface area contributed by atoms with E-state index >= 15 is 0 Å². The molecule has 0 amide bonds. The van der Waals surface area contributed by atoms with Crippen LogP contribution in [0, 0.1) is 0 Å². The van der Waals surface area contributed by atoms with Gasteiger partial charge in [0.1, 0.15) is 10.4 Å². The van der Waals surface area contributed by atoms with E-state index in [-0.39, 0.29) is 0 Å². The van der Waals surface area contributed by atoms with Gasteiger partial charge in [-0.2, -0.15) is 4.99 Å². The molecule has 0 radical (unpaired) electrons. The molecule has 4 nitrogen and oxygen atoms in total. The second-order valence-electron chi connectivity index (χ2n) is 3.89. The molecule has 0 atom stereocenters. The Hall–Kier alpha value is -2.23. The number of hydrogen-bond acceptors (Lipinski definition) is 5. The van der Waals surface area contributed by atoms with Gasteiger partial charge in [0.2, 0.25) is 0 Å². The summed E-state index contributed by atoms with van der Waals surface area (Å²) >= 11 is 1.43. The van der Waals surface area contributed by atoms with Crippen molar-refractivity contribution in [2.75, 3.05) is 6.54 Å². The zero-order valence-electron chi connectivity index (χ0n) is 10.1. The molecule has 0 aliphatic carbocycles. The summed E-state index contributed by atoms with van der Waals surface area (Å²) in [6.45, 7) is 4.50. The van der Waals surface area contributed by atoms with Crippen molar-refractivity contribution in [2.45, 2.75) is 0 Å². The SMILES string of the molecule is C=C1N=c2cnccc2=NCC2=C(N=C=CC=C2)S1. The average molecular weight is 266 g/mol. The van der Waals surface area contributed by atoms with Gasteiger partial charge in [-0.25, -0.2) is 4.99 Å². The van der Waals surface area contributed by atoms with Crippen molar-refractivity contribution in [1.82, 2.24) is 4.98 Å². The van der Waals surface area contributed by atoms with Gasteiger partial charge in [-0.3, -0.25) is 9.98 Å². The zero-order chi connectivity index (χ0) is 13.1. The molecule has 0 unspecified atom stereocenters. The zero-order valence-corrected chi connectivity index (χ0v) is 10.9. The van der Waals surface area contributed by atoms with E-state index in [0.717, 1.165) is 21.3 Å². The van der Waals surface area contributed by atoms with Crippen molar-refractivity contribution < 1.29 is 0 Å². The lowest BCUT2D eigenvalue weighted by Gasteiger charge is -2.03. The lowest BCUT2D eigenvalue weighted by Crippen LogP contribution is -2.25. The predicted octanol–water partition coefficient (Wildman–Crippen LogP) is 1.55. The number of aliphatic imine (C=N–C) groups is 1. The smallest absolute Gasteiger partial charge is 0.117 e. The third kappa shape index (κ3) is 2.62. The summed E-state index contributed by atoms with van der Waals surface area (Å²) in [7, 11) is 0. The van der Waals surface area contributed by atoms with Crippen LogP contribution in [-0.4, -0.2) is 17.4 Å². The summed E-state index contributed by atoms with van der Waals surface area (Å²) in [5, 5.41) is 3.06. The fourth-order valence-electron chi connectivity index (χ4n) is 1.69. The van der Waals surface area contributed by atoms with Gasteiger partial charge in [0.05, 0.1) is 23.1 Å². The minimum atomic E-state index is 0.553. The molecule has 0 saturated heterocycles. The van der Waals surface area contributed by atoms with Crippen LogP contribution in [0.1, 0.15) is 0 Å². The molecule has 3 heterocycles. The molecule has 0 bridgehead atoms. The highest BCUT2D eigenvalue weighted by Crippen LogP contribution is 2.29. The maximum Gasteiger partial charge on any atom is 0.117 e. The molecule has 2 aliphatic heterocycles. The van der Waals surface area contributed by atoms with Crippen LogP contribution >= 0.6 is 11.8 Å². The Bertz CT molecular complexity index is 780. The summed E-state index contributed by atoms with van der Waals surface area (Å²) in [5.74, 6) is 2.85. The van der Waals surface area contributed by atoms with E-state index in [1.807, 2.05) is 18.2 Å². The highest BCUT2D eigenvalue weighted by molar-refractivity contribution is 8.06. The first-order valence-electron chi connectivity index (χ1n) is 5.72. The molecule has 0 saturated carbocycles. The number of allylic oxidation sites excluding steroid dienone is 2. The van der Waals surface area contributed by atoms with E-state index < -0.39 is 0 Å². The van der Waals surface area contributed by atoms with Crippen LogP contribution in [0.25, 0.3) is 0 Å². The van der Waals surface area contributed by atoms with E-state index in [1.54, 1.807) is 18.5 Å². The Labute approximate surface area is 114 Å². The molecule has 1 aromatic rings. The van der Waals surface area contributed by atoms with Crippen LogP contribution in [0.4, 0.5) is 0 Å². The average Bonchev–Trinajstić information content (AvgIpc) is 2.59. The van der Waals surface area contributed by atoms with Crippen molar-refractivity contribution in [1.29, 1.82) is 0 Å². The van der Waals surface area contributed by atoms with Crippen molar-refractivity contribution in [3.8, 4) is 0 Å². The monoisotopic (exact) mass is 266 g/mol. The Morgan fingerprint density at radius 2 is 2.26 bits per heavy atom. The molecular formula is C14H10N4S. The van der Waals surface area contributed by atoms with Gasteiger partial charge in [-0.05, 0) is 29.8 Å². The third-order valence-electron chi connectivity index (χ3n) is 2.57. The minimum Gasteiger partial charge on any atom is -0.278 e. The standard InChI is InChI=1S/C14H10N4S/c1-10-18-13-9-15-7-5-12(13)17-8-11-4-2-3-6-16-14(11)19-10/h2-5,7,9H,1,8H2. The Morgan fingerprint density at radius 3 is 3.21 bits per heavy atom. The van der Waals surface area contributed by atoms with Gasteiger partial charge in [-0.1, -0.05) is 18.7 Å². The number of thioether (sulfide) groups is 1. The van der Waals surface area contributed by atoms with E-state index in [4.69, 9.17) is 0 Å². The normalized spacial score (nSPS) is 17.4. The summed E-state index contributed by atoms with van der Waals surface area (Å²) in [6, 6.07) is 1.85. The maximum absolute atomic E-state index is 4.57. The molecule has 19 heavy (non-hydrogen) atoms. The first-order valence-corrected chi connectivity index (χ1v) is 6.54. The number of rotatable bonds is 0. The van der Waals surface area contributed by atoms with Crippen molar-refractivity contribution in [2.24, 2.45) is 15.0 Å². The van der Waals surface area contributed by atoms with Crippen LogP contribution < -0.4 is 10.7 Å². The van der Waals surface area contributed by atoms with E-state index in [9.17, 15) is 0 Å². The summed E-state index contributed by atoms with van der Waals surface area (Å²) in [6.07, 6.45) is 9.09. The predicted molar refractivity (Wildman–Crippen MR) is 76.3 cm³/mol. The van der Waals surface area contributed by atoms with Crippen LogP contribution in [0.3, 0.4) is 0 Å².